The van der Waals surface area contributed by atoms with E-state index in [1.54, 1.807) is 0 Å². The zero-order chi connectivity index (χ0) is 26.1. The number of hydrogen-bond acceptors (Lipinski definition) is 2. The number of nitrogens with zero attached hydrogens (tertiary/aromatic N) is 2. The quantitative estimate of drug-likeness (QED) is 0.226. The molecule has 184 valence electrons. The molecule has 0 saturated heterocycles. The molecule has 5 aromatic carbocycles. The van der Waals surface area contributed by atoms with E-state index in [0.717, 1.165) is 38.9 Å². The minimum atomic E-state index is -0.0728. The van der Waals surface area contributed by atoms with Crippen molar-refractivity contribution in [2.45, 2.75) is 38.5 Å². The van der Waals surface area contributed by atoms with Crippen LogP contribution < -0.4 is 0 Å². The zero-order valence-electron chi connectivity index (χ0n) is 22.3. The van der Waals surface area contributed by atoms with Gasteiger partial charge in [-0.25, -0.2) is 9.97 Å². The third-order valence-corrected chi connectivity index (χ3v) is 9.03. The predicted molar refractivity (Wildman–Crippen MR) is 159 cm³/mol. The SMILES string of the molecule is CC1(C)c2ccccc2-c2c(-c3nc4c(ccc5ccccc54)nc3-c3ccccc3)cccc2C1(C)C. The van der Waals surface area contributed by atoms with Gasteiger partial charge in [0, 0.05) is 16.5 Å². The molecule has 1 aliphatic rings. The van der Waals surface area contributed by atoms with Crippen LogP contribution in [-0.2, 0) is 10.8 Å². The van der Waals surface area contributed by atoms with Gasteiger partial charge in [-0.15, -0.1) is 0 Å². The smallest absolute Gasteiger partial charge is 0.0979 e. The van der Waals surface area contributed by atoms with Crippen molar-refractivity contribution in [3.05, 3.63) is 120 Å². The summed E-state index contributed by atoms with van der Waals surface area (Å²) in [6.45, 7) is 9.50. The number of fused-ring (bicyclic) bond motifs is 6. The lowest BCUT2D eigenvalue weighted by molar-refractivity contribution is 0.299. The maximum atomic E-state index is 5.45. The molecule has 1 heterocycles. The van der Waals surface area contributed by atoms with Crippen molar-refractivity contribution in [3.8, 4) is 33.6 Å². The molecule has 2 heteroatoms. The topological polar surface area (TPSA) is 25.8 Å². The second-order valence-corrected chi connectivity index (χ2v) is 11.5. The van der Waals surface area contributed by atoms with Gasteiger partial charge in [0.1, 0.15) is 0 Å². The summed E-state index contributed by atoms with van der Waals surface area (Å²) in [5.74, 6) is 0. The highest BCUT2D eigenvalue weighted by Crippen LogP contribution is 2.56. The highest BCUT2D eigenvalue weighted by Gasteiger charge is 2.46. The van der Waals surface area contributed by atoms with Crippen LogP contribution in [-0.4, -0.2) is 9.97 Å². The molecule has 0 amide bonds. The summed E-state index contributed by atoms with van der Waals surface area (Å²) in [7, 11) is 0. The summed E-state index contributed by atoms with van der Waals surface area (Å²) >= 11 is 0. The fraction of sp³-hybridized carbons (Fsp3) is 0.167. The lowest BCUT2D eigenvalue weighted by Gasteiger charge is -2.48. The maximum absolute atomic E-state index is 5.45. The molecule has 0 N–H and O–H groups in total. The maximum Gasteiger partial charge on any atom is 0.0979 e. The van der Waals surface area contributed by atoms with Gasteiger partial charge in [-0.05, 0) is 44.5 Å². The van der Waals surface area contributed by atoms with Gasteiger partial charge < -0.3 is 0 Å². The van der Waals surface area contributed by atoms with Gasteiger partial charge in [0.05, 0.1) is 22.4 Å². The Bertz CT molecular complexity index is 1860. The Kier molecular flexibility index (Phi) is 4.87. The molecule has 1 aromatic heterocycles. The molecular weight excluding hydrogens is 460 g/mol. The second-order valence-electron chi connectivity index (χ2n) is 11.5. The van der Waals surface area contributed by atoms with Gasteiger partial charge in [0.2, 0.25) is 0 Å². The van der Waals surface area contributed by atoms with Crippen LogP contribution in [0.1, 0.15) is 38.8 Å². The third-order valence-electron chi connectivity index (χ3n) is 9.03. The normalized spacial score (nSPS) is 15.3. The van der Waals surface area contributed by atoms with Gasteiger partial charge >= 0.3 is 0 Å². The molecule has 0 radical (unpaired) electrons. The van der Waals surface area contributed by atoms with E-state index in [2.05, 4.69) is 137 Å². The molecule has 6 aromatic rings. The standard InChI is InChI=1S/C36H30N2/c1-35(2)28-19-11-10-17-26(28)31-27(18-12-20-29(31)36(35,3)4)34-32(24-14-6-5-7-15-24)37-30-22-21-23-13-8-9-16-25(23)33(30)38-34/h5-22H,1-4H3. The monoisotopic (exact) mass is 490 g/mol. The summed E-state index contributed by atoms with van der Waals surface area (Å²) in [4.78, 5) is 10.7. The van der Waals surface area contributed by atoms with Crippen molar-refractivity contribution in [3.63, 3.8) is 0 Å². The van der Waals surface area contributed by atoms with Crippen molar-refractivity contribution in [2.75, 3.05) is 0 Å². The summed E-state index contributed by atoms with van der Waals surface area (Å²) in [5.41, 5.74) is 11.1. The highest BCUT2D eigenvalue weighted by atomic mass is 14.8. The van der Waals surface area contributed by atoms with Gasteiger partial charge in [0.15, 0.2) is 0 Å². The van der Waals surface area contributed by atoms with E-state index < -0.39 is 0 Å². The van der Waals surface area contributed by atoms with Crippen LogP contribution in [0, 0.1) is 0 Å². The minimum Gasteiger partial charge on any atom is -0.244 e. The first-order valence-corrected chi connectivity index (χ1v) is 13.4. The van der Waals surface area contributed by atoms with E-state index in [9.17, 15) is 0 Å². The fourth-order valence-corrected chi connectivity index (χ4v) is 6.25. The Morgan fingerprint density at radius 1 is 0.500 bits per heavy atom. The summed E-state index contributed by atoms with van der Waals surface area (Å²) in [5, 5.41) is 2.31. The molecule has 38 heavy (non-hydrogen) atoms. The lowest BCUT2D eigenvalue weighted by Crippen LogP contribution is -2.43. The first-order chi connectivity index (χ1) is 18.4. The average molecular weight is 491 g/mol. The Morgan fingerprint density at radius 3 is 2.00 bits per heavy atom. The minimum absolute atomic E-state index is 0.0251. The molecule has 0 saturated carbocycles. The van der Waals surface area contributed by atoms with Crippen LogP contribution >= 0.6 is 0 Å². The third kappa shape index (κ3) is 3.13. The molecular formula is C36H30N2. The molecule has 0 unspecified atom stereocenters. The van der Waals surface area contributed by atoms with Crippen LogP contribution in [0.2, 0.25) is 0 Å². The molecule has 0 spiro atoms. The van der Waals surface area contributed by atoms with Gasteiger partial charge in [0.25, 0.3) is 0 Å². The Morgan fingerprint density at radius 2 is 1.16 bits per heavy atom. The van der Waals surface area contributed by atoms with Gasteiger partial charge in [-0.2, -0.15) is 0 Å². The molecule has 0 atom stereocenters. The van der Waals surface area contributed by atoms with E-state index in [0.29, 0.717) is 0 Å². The Hall–Kier alpha value is -4.30. The van der Waals surface area contributed by atoms with E-state index in [-0.39, 0.29) is 10.8 Å². The Labute approximate surface area is 224 Å². The molecule has 0 aliphatic heterocycles. The molecule has 0 bridgehead atoms. The first kappa shape index (κ1) is 22.9. The van der Waals surface area contributed by atoms with Crippen molar-refractivity contribution in [1.29, 1.82) is 0 Å². The fourth-order valence-electron chi connectivity index (χ4n) is 6.25. The van der Waals surface area contributed by atoms with Crippen LogP contribution in [0.15, 0.2) is 109 Å². The largest absolute Gasteiger partial charge is 0.244 e. The van der Waals surface area contributed by atoms with E-state index in [4.69, 9.17) is 9.97 Å². The molecule has 0 fully saturated rings. The van der Waals surface area contributed by atoms with E-state index >= 15 is 0 Å². The number of aromatic nitrogens is 2. The van der Waals surface area contributed by atoms with Crippen LogP contribution in [0.3, 0.4) is 0 Å². The van der Waals surface area contributed by atoms with Crippen molar-refractivity contribution >= 4 is 21.8 Å². The predicted octanol–water partition coefficient (Wildman–Crippen LogP) is 9.35. The lowest BCUT2D eigenvalue weighted by atomic mass is 9.55. The van der Waals surface area contributed by atoms with Crippen molar-refractivity contribution in [2.24, 2.45) is 0 Å². The number of hydrogen-bond donors (Lipinski definition) is 0. The Balaban J connectivity index is 1.63. The van der Waals surface area contributed by atoms with Crippen LogP contribution in [0.25, 0.3) is 55.4 Å². The number of benzene rings is 5. The summed E-state index contributed by atoms with van der Waals surface area (Å²) in [6, 6.07) is 38.8. The average Bonchev–Trinajstić information content (AvgIpc) is 2.96. The zero-order valence-corrected chi connectivity index (χ0v) is 22.3. The molecule has 1 aliphatic carbocycles. The summed E-state index contributed by atoms with van der Waals surface area (Å²) < 4.78 is 0. The second kappa shape index (κ2) is 8.10. The van der Waals surface area contributed by atoms with E-state index in [1.165, 1.54) is 27.6 Å². The molecule has 7 rings (SSSR count). The van der Waals surface area contributed by atoms with Crippen molar-refractivity contribution in [1.82, 2.24) is 9.97 Å². The van der Waals surface area contributed by atoms with Crippen LogP contribution in [0.5, 0.6) is 0 Å². The van der Waals surface area contributed by atoms with Crippen molar-refractivity contribution < 1.29 is 0 Å². The highest BCUT2D eigenvalue weighted by molar-refractivity contribution is 6.06. The van der Waals surface area contributed by atoms with Gasteiger partial charge in [-0.1, -0.05) is 131 Å². The van der Waals surface area contributed by atoms with E-state index in [1.807, 2.05) is 0 Å². The first-order valence-electron chi connectivity index (χ1n) is 13.4. The number of rotatable bonds is 2. The molecule has 2 nitrogen and oxygen atoms in total. The summed E-state index contributed by atoms with van der Waals surface area (Å²) in [6.07, 6.45) is 0. The van der Waals surface area contributed by atoms with Crippen LogP contribution in [0.4, 0.5) is 0 Å². The van der Waals surface area contributed by atoms with Gasteiger partial charge in [-0.3, -0.25) is 0 Å².